The molecule has 0 saturated carbocycles. The van der Waals surface area contributed by atoms with Gasteiger partial charge in [-0.25, -0.2) is 4.98 Å². The van der Waals surface area contributed by atoms with Gasteiger partial charge in [0.1, 0.15) is 6.04 Å². The highest BCUT2D eigenvalue weighted by Crippen LogP contribution is 2.25. The van der Waals surface area contributed by atoms with E-state index in [9.17, 15) is 9.59 Å². The van der Waals surface area contributed by atoms with Gasteiger partial charge in [0.05, 0.1) is 16.0 Å². The lowest BCUT2D eigenvalue weighted by atomic mass is 10.2. The third-order valence-electron chi connectivity index (χ3n) is 2.66. The fraction of sp³-hybridized carbons (Fsp3) is 0.308. The number of para-hydroxylation sites is 1. The Morgan fingerprint density at radius 2 is 2.19 bits per heavy atom. The second-order valence-electron chi connectivity index (χ2n) is 4.32. The SMILES string of the molecule is NC(CCSCC(=O)Nc1nc2ccccc2s1)C(=O)O. The van der Waals surface area contributed by atoms with Crippen molar-refractivity contribution in [3.8, 4) is 0 Å². The second-order valence-corrected chi connectivity index (χ2v) is 6.46. The summed E-state index contributed by atoms with van der Waals surface area (Å²) in [5, 5.41) is 11.9. The average Bonchev–Trinajstić information content (AvgIpc) is 2.85. The number of thiazole rings is 1. The molecule has 1 aromatic heterocycles. The molecule has 0 aliphatic carbocycles. The molecule has 8 heteroatoms. The quantitative estimate of drug-likeness (QED) is 0.670. The van der Waals surface area contributed by atoms with E-state index in [4.69, 9.17) is 10.8 Å². The minimum absolute atomic E-state index is 0.150. The van der Waals surface area contributed by atoms with Gasteiger partial charge in [-0.05, 0) is 24.3 Å². The maximum Gasteiger partial charge on any atom is 0.320 e. The summed E-state index contributed by atoms with van der Waals surface area (Å²) in [5.41, 5.74) is 6.24. The highest BCUT2D eigenvalue weighted by atomic mass is 32.2. The number of nitrogens with two attached hydrogens (primary N) is 1. The van der Waals surface area contributed by atoms with Crippen molar-refractivity contribution in [1.82, 2.24) is 4.98 Å². The fourth-order valence-electron chi connectivity index (χ4n) is 1.58. The number of carboxylic acid groups (broad SMARTS) is 1. The van der Waals surface area contributed by atoms with Crippen LogP contribution in [0.15, 0.2) is 24.3 Å². The van der Waals surface area contributed by atoms with Gasteiger partial charge in [-0.2, -0.15) is 11.8 Å². The Kier molecular flexibility index (Phi) is 5.54. The van der Waals surface area contributed by atoms with E-state index in [1.807, 2.05) is 24.3 Å². The molecule has 2 aromatic rings. The van der Waals surface area contributed by atoms with Crippen LogP contribution >= 0.6 is 23.1 Å². The second kappa shape index (κ2) is 7.39. The van der Waals surface area contributed by atoms with Crippen molar-refractivity contribution in [2.24, 2.45) is 5.73 Å². The first-order valence-electron chi connectivity index (χ1n) is 6.28. The summed E-state index contributed by atoms with van der Waals surface area (Å²) < 4.78 is 1.02. The first kappa shape index (κ1) is 15.7. The summed E-state index contributed by atoms with van der Waals surface area (Å²) in [4.78, 5) is 26.6. The number of carbonyl (C=O) groups is 2. The molecular formula is C13H15N3O3S2. The third kappa shape index (κ3) is 4.69. The van der Waals surface area contributed by atoms with Crippen LogP contribution in [-0.4, -0.2) is 39.5 Å². The number of rotatable bonds is 7. The topological polar surface area (TPSA) is 105 Å². The molecule has 1 atom stereocenters. The molecule has 6 nitrogen and oxygen atoms in total. The van der Waals surface area contributed by atoms with Crippen LogP contribution in [0, 0.1) is 0 Å². The monoisotopic (exact) mass is 325 g/mol. The van der Waals surface area contributed by atoms with E-state index in [2.05, 4.69) is 10.3 Å². The van der Waals surface area contributed by atoms with Crippen molar-refractivity contribution in [2.45, 2.75) is 12.5 Å². The van der Waals surface area contributed by atoms with Crippen molar-refractivity contribution in [2.75, 3.05) is 16.8 Å². The molecule has 0 fully saturated rings. The van der Waals surface area contributed by atoms with Gasteiger partial charge in [-0.3, -0.25) is 9.59 Å². The lowest BCUT2D eigenvalue weighted by molar-refractivity contribution is -0.138. The number of benzene rings is 1. The maximum atomic E-state index is 11.8. The van der Waals surface area contributed by atoms with Crippen molar-refractivity contribution in [3.63, 3.8) is 0 Å². The minimum Gasteiger partial charge on any atom is -0.480 e. The number of carboxylic acids is 1. The van der Waals surface area contributed by atoms with Crippen LogP contribution in [0.5, 0.6) is 0 Å². The van der Waals surface area contributed by atoms with Crippen LogP contribution in [0.4, 0.5) is 5.13 Å². The van der Waals surface area contributed by atoms with Crippen LogP contribution in [0.3, 0.4) is 0 Å². The molecule has 0 saturated heterocycles. The molecule has 0 spiro atoms. The van der Waals surface area contributed by atoms with E-state index in [0.717, 1.165) is 10.2 Å². The highest BCUT2D eigenvalue weighted by molar-refractivity contribution is 7.99. The summed E-state index contributed by atoms with van der Waals surface area (Å²) in [7, 11) is 0. The third-order valence-corrected chi connectivity index (χ3v) is 4.61. The zero-order chi connectivity index (χ0) is 15.2. The van der Waals surface area contributed by atoms with E-state index >= 15 is 0 Å². The van der Waals surface area contributed by atoms with Crippen molar-refractivity contribution >= 4 is 50.3 Å². The van der Waals surface area contributed by atoms with Gasteiger partial charge < -0.3 is 16.2 Å². The number of carbonyl (C=O) groups excluding carboxylic acids is 1. The number of fused-ring (bicyclic) bond motifs is 1. The van der Waals surface area contributed by atoms with Gasteiger partial charge in [0.15, 0.2) is 5.13 Å². The minimum atomic E-state index is -1.02. The largest absolute Gasteiger partial charge is 0.480 e. The van der Waals surface area contributed by atoms with Crippen LogP contribution in [-0.2, 0) is 9.59 Å². The van der Waals surface area contributed by atoms with E-state index in [-0.39, 0.29) is 11.7 Å². The lowest BCUT2D eigenvalue weighted by Crippen LogP contribution is -2.30. The van der Waals surface area contributed by atoms with Gasteiger partial charge in [0, 0.05) is 0 Å². The van der Waals surface area contributed by atoms with E-state index < -0.39 is 12.0 Å². The first-order valence-corrected chi connectivity index (χ1v) is 8.25. The van der Waals surface area contributed by atoms with Gasteiger partial charge in [0.25, 0.3) is 0 Å². The molecule has 21 heavy (non-hydrogen) atoms. The molecule has 1 heterocycles. The molecule has 112 valence electrons. The van der Waals surface area contributed by atoms with E-state index in [1.54, 1.807) is 0 Å². The molecule has 0 bridgehead atoms. The van der Waals surface area contributed by atoms with Crippen LogP contribution in [0.1, 0.15) is 6.42 Å². The molecule has 2 rings (SSSR count). The van der Waals surface area contributed by atoms with Gasteiger partial charge >= 0.3 is 5.97 Å². The number of thioether (sulfide) groups is 1. The summed E-state index contributed by atoms with van der Waals surface area (Å²) in [6.07, 6.45) is 0.342. The molecule has 4 N–H and O–H groups in total. The standard InChI is InChI=1S/C13H15N3O3S2/c14-8(12(18)19)5-6-20-7-11(17)16-13-15-9-3-1-2-4-10(9)21-13/h1-4,8H,5-7,14H2,(H,18,19)(H,15,16,17). The number of hydrogen-bond donors (Lipinski definition) is 3. The number of anilines is 1. The Balaban J connectivity index is 1.75. The maximum absolute atomic E-state index is 11.8. The normalized spacial score (nSPS) is 12.2. The van der Waals surface area contributed by atoms with Gasteiger partial charge in [-0.15, -0.1) is 0 Å². The van der Waals surface area contributed by atoms with Crippen molar-refractivity contribution < 1.29 is 14.7 Å². The molecule has 1 unspecified atom stereocenters. The molecule has 0 aliphatic heterocycles. The smallest absolute Gasteiger partial charge is 0.320 e. The molecule has 0 aliphatic rings. The number of amides is 1. The van der Waals surface area contributed by atoms with E-state index in [0.29, 0.717) is 17.3 Å². The Morgan fingerprint density at radius 3 is 2.90 bits per heavy atom. The molecule has 0 radical (unpaired) electrons. The van der Waals surface area contributed by atoms with Crippen LogP contribution in [0.25, 0.3) is 10.2 Å². The summed E-state index contributed by atoms with van der Waals surface area (Å²) in [6, 6.07) is 6.79. The van der Waals surface area contributed by atoms with Crippen molar-refractivity contribution in [1.29, 1.82) is 0 Å². The fourth-order valence-corrected chi connectivity index (χ4v) is 3.28. The zero-order valence-corrected chi connectivity index (χ0v) is 12.7. The van der Waals surface area contributed by atoms with Crippen molar-refractivity contribution in [3.05, 3.63) is 24.3 Å². The Morgan fingerprint density at radius 1 is 1.43 bits per heavy atom. The molecule has 1 amide bonds. The van der Waals surface area contributed by atoms with Gasteiger partial charge in [-0.1, -0.05) is 23.5 Å². The molecular weight excluding hydrogens is 310 g/mol. The zero-order valence-electron chi connectivity index (χ0n) is 11.1. The number of aliphatic carboxylic acids is 1. The number of nitrogens with one attached hydrogen (secondary N) is 1. The Labute approximate surface area is 129 Å². The average molecular weight is 325 g/mol. The van der Waals surface area contributed by atoms with Crippen LogP contribution < -0.4 is 11.1 Å². The van der Waals surface area contributed by atoms with Gasteiger partial charge in [0.2, 0.25) is 5.91 Å². The Bertz CT molecular complexity index is 611. The Hall–Kier alpha value is -1.64. The highest BCUT2D eigenvalue weighted by Gasteiger charge is 2.12. The van der Waals surface area contributed by atoms with E-state index in [1.165, 1.54) is 23.1 Å². The number of aromatic nitrogens is 1. The van der Waals surface area contributed by atoms with Crippen LogP contribution in [0.2, 0.25) is 0 Å². The number of hydrogen-bond acceptors (Lipinski definition) is 6. The summed E-state index contributed by atoms with van der Waals surface area (Å²) in [5.74, 6) is -0.388. The first-order chi connectivity index (χ1) is 10.1. The summed E-state index contributed by atoms with van der Waals surface area (Å²) in [6.45, 7) is 0. The summed E-state index contributed by atoms with van der Waals surface area (Å²) >= 11 is 2.78. The predicted molar refractivity (Wildman–Crippen MR) is 85.8 cm³/mol. The number of nitrogens with zero attached hydrogens (tertiary/aromatic N) is 1. The lowest BCUT2D eigenvalue weighted by Gasteiger charge is -2.05. The molecule has 1 aromatic carbocycles. The predicted octanol–water partition coefficient (Wildman–Crippen LogP) is 1.77.